The fourth-order valence-electron chi connectivity index (χ4n) is 1.19. The van der Waals surface area contributed by atoms with Crippen molar-refractivity contribution >= 4 is 17.3 Å². The molecule has 0 amide bonds. The molecule has 0 spiro atoms. The highest BCUT2D eigenvalue weighted by atomic mass is 16.4. The Morgan fingerprint density at radius 1 is 0.857 bits per heavy atom. The van der Waals surface area contributed by atoms with E-state index in [1.165, 1.54) is 0 Å². The molecule has 0 saturated carbocycles. The van der Waals surface area contributed by atoms with Gasteiger partial charge in [-0.1, -0.05) is 0 Å². The van der Waals surface area contributed by atoms with Crippen molar-refractivity contribution in [2.75, 3.05) is 0 Å². The van der Waals surface area contributed by atoms with E-state index in [2.05, 4.69) is 0 Å². The third-order valence-corrected chi connectivity index (χ3v) is 2.41. The number of carbonyl (C=O) groups is 3. The second kappa shape index (κ2) is 3.59. The summed E-state index contributed by atoms with van der Waals surface area (Å²) in [4.78, 5) is 33.2. The molecule has 5 nitrogen and oxygen atoms in total. The first-order valence-corrected chi connectivity index (χ1v) is 4.06. The summed E-state index contributed by atoms with van der Waals surface area (Å²) in [5.74, 6) is -2.75. The third kappa shape index (κ3) is 1.60. The van der Waals surface area contributed by atoms with Crippen molar-refractivity contribution in [3.8, 4) is 0 Å². The van der Waals surface area contributed by atoms with Crippen LogP contribution in [-0.2, 0) is 14.4 Å². The molecule has 0 rings (SSSR count). The van der Waals surface area contributed by atoms with Crippen LogP contribution < -0.4 is 0 Å². The SMILES string of the molecule is CC(=O)C(C)(O)C(O)(C(C)=O)C(C)=O. The zero-order valence-electron chi connectivity index (χ0n) is 8.62. The smallest absolute Gasteiger partial charge is 0.216 e. The lowest BCUT2D eigenvalue weighted by atomic mass is 9.76. The van der Waals surface area contributed by atoms with Crippen LogP contribution in [0, 0.1) is 0 Å². The van der Waals surface area contributed by atoms with Gasteiger partial charge in [0.15, 0.2) is 23.0 Å². The lowest BCUT2D eigenvalue weighted by molar-refractivity contribution is -0.181. The summed E-state index contributed by atoms with van der Waals surface area (Å²) < 4.78 is 0. The number of rotatable bonds is 4. The molecule has 0 aromatic heterocycles. The van der Waals surface area contributed by atoms with Crippen LogP contribution >= 0.6 is 0 Å². The third-order valence-electron chi connectivity index (χ3n) is 2.41. The Kier molecular flexibility index (Phi) is 3.31. The van der Waals surface area contributed by atoms with Crippen molar-refractivity contribution in [3.05, 3.63) is 0 Å². The van der Waals surface area contributed by atoms with E-state index < -0.39 is 28.6 Å². The van der Waals surface area contributed by atoms with Gasteiger partial charge in [-0.25, -0.2) is 0 Å². The fourth-order valence-corrected chi connectivity index (χ4v) is 1.19. The van der Waals surface area contributed by atoms with E-state index >= 15 is 0 Å². The number of hydrogen-bond acceptors (Lipinski definition) is 5. The first-order chi connectivity index (χ1) is 6.08. The molecule has 0 aliphatic rings. The molecule has 0 saturated heterocycles. The van der Waals surface area contributed by atoms with Gasteiger partial charge in [-0.15, -0.1) is 0 Å². The molecule has 0 aliphatic carbocycles. The Balaban J connectivity index is 5.55. The number of hydrogen-bond donors (Lipinski definition) is 2. The molecule has 0 aromatic carbocycles. The monoisotopic (exact) mass is 202 g/mol. The summed E-state index contributed by atoms with van der Waals surface area (Å²) >= 11 is 0. The van der Waals surface area contributed by atoms with Gasteiger partial charge in [-0.05, 0) is 27.7 Å². The minimum absolute atomic E-state index is 0.842. The highest BCUT2D eigenvalue weighted by Crippen LogP contribution is 2.25. The molecule has 0 aliphatic heterocycles. The van der Waals surface area contributed by atoms with Gasteiger partial charge in [-0.3, -0.25) is 14.4 Å². The molecular weight excluding hydrogens is 188 g/mol. The fraction of sp³-hybridized carbons (Fsp3) is 0.667. The first-order valence-electron chi connectivity index (χ1n) is 4.06. The van der Waals surface area contributed by atoms with Gasteiger partial charge in [0.2, 0.25) is 5.60 Å². The van der Waals surface area contributed by atoms with Crippen molar-refractivity contribution in [1.29, 1.82) is 0 Å². The standard InChI is InChI=1S/C9H14O5/c1-5(10)8(4,13)9(14,6(2)11)7(3)12/h13-14H,1-4H3. The minimum atomic E-state index is -2.65. The quantitative estimate of drug-likeness (QED) is 0.584. The second-order valence-corrected chi connectivity index (χ2v) is 3.45. The van der Waals surface area contributed by atoms with Gasteiger partial charge in [-0.2, -0.15) is 0 Å². The van der Waals surface area contributed by atoms with Gasteiger partial charge in [0.25, 0.3) is 0 Å². The molecule has 14 heavy (non-hydrogen) atoms. The average molecular weight is 202 g/mol. The zero-order valence-corrected chi connectivity index (χ0v) is 8.62. The molecule has 1 atom stereocenters. The number of ketones is 3. The van der Waals surface area contributed by atoms with Crippen LogP contribution in [0.3, 0.4) is 0 Å². The summed E-state index contributed by atoms with van der Waals surface area (Å²) in [5, 5.41) is 19.3. The topological polar surface area (TPSA) is 91.7 Å². The molecule has 0 fully saturated rings. The van der Waals surface area contributed by atoms with Crippen molar-refractivity contribution in [3.63, 3.8) is 0 Å². The lowest BCUT2D eigenvalue weighted by Gasteiger charge is -2.35. The van der Waals surface area contributed by atoms with Crippen LogP contribution in [0.1, 0.15) is 27.7 Å². The van der Waals surface area contributed by atoms with Gasteiger partial charge in [0, 0.05) is 0 Å². The van der Waals surface area contributed by atoms with Crippen LogP contribution in [0.25, 0.3) is 0 Å². The maximum absolute atomic E-state index is 11.1. The summed E-state index contributed by atoms with van der Waals surface area (Å²) in [5.41, 5.74) is -5.04. The summed E-state index contributed by atoms with van der Waals surface area (Å²) in [6.07, 6.45) is 0. The van der Waals surface area contributed by atoms with Gasteiger partial charge < -0.3 is 10.2 Å². The van der Waals surface area contributed by atoms with E-state index in [4.69, 9.17) is 0 Å². The van der Waals surface area contributed by atoms with E-state index in [0.29, 0.717) is 0 Å². The molecule has 0 bridgehead atoms. The van der Waals surface area contributed by atoms with Gasteiger partial charge >= 0.3 is 0 Å². The molecule has 80 valence electrons. The lowest BCUT2D eigenvalue weighted by Crippen LogP contribution is -2.64. The average Bonchev–Trinajstić information content (AvgIpc) is 2.01. The van der Waals surface area contributed by atoms with E-state index in [9.17, 15) is 24.6 Å². The van der Waals surface area contributed by atoms with Crippen LogP contribution in [0.2, 0.25) is 0 Å². The Morgan fingerprint density at radius 3 is 1.21 bits per heavy atom. The molecule has 0 radical (unpaired) electrons. The van der Waals surface area contributed by atoms with E-state index in [0.717, 1.165) is 27.7 Å². The highest BCUT2D eigenvalue weighted by Gasteiger charge is 2.56. The Morgan fingerprint density at radius 2 is 1.14 bits per heavy atom. The molecule has 2 N–H and O–H groups in total. The van der Waals surface area contributed by atoms with E-state index in [1.54, 1.807) is 0 Å². The Bertz CT molecular complexity index is 276. The normalized spacial score (nSPS) is 15.9. The maximum atomic E-state index is 11.1. The maximum Gasteiger partial charge on any atom is 0.216 e. The van der Waals surface area contributed by atoms with Crippen LogP contribution in [-0.4, -0.2) is 38.8 Å². The molecular formula is C9H14O5. The van der Waals surface area contributed by atoms with Gasteiger partial charge in [0.05, 0.1) is 0 Å². The van der Waals surface area contributed by atoms with E-state index in [1.807, 2.05) is 0 Å². The van der Waals surface area contributed by atoms with Crippen LogP contribution in [0.15, 0.2) is 0 Å². The first kappa shape index (κ1) is 12.9. The zero-order chi connectivity index (χ0) is 11.7. The van der Waals surface area contributed by atoms with Crippen molar-refractivity contribution < 1.29 is 24.6 Å². The number of carbonyl (C=O) groups excluding carboxylic acids is 3. The Hall–Kier alpha value is -1.07. The Labute approximate surface area is 81.7 Å². The number of Topliss-reactive ketones (excluding diaryl/α,β-unsaturated/α-hetero) is 3. The molecule has 0 aromatic rings. The minimum Gasteiger partial charge on any atom is -0.378 e. The van der Waals surface area contributed by atoms with Crippen LogP contribution in [0.5, 0.6) is 0 Å². The van der Waals surface area contributed by atoms with Crippen LogP contribution in [0.4, 0.5) is 0 Å². The van der Waals surface area contributed by atoms with E-state index in [-0.39, 0.29) is 0 Å². The highest BCUT2D eigenvalue weighted by molar-refractivity contribution is 6.14. The predicted octanol–water partition coefficient (Wildman–Crippen LogP) is -0.764. The second-order valence-electron chi connectivity index (χ2n) is 3.45. The number of aliphatic hydroxyl groups is 2. The van der Waals surface area contributed by atoms with Gasteiger partial charge in [0.1, 0.15) is 0 Å². The van der Waals surface area contributed by atoms with Crippen molar-refractivity contribution in [1.82, 2.24) is 0 Å². The largest absolute Gasteiger partial charge is 0.378 e. The molecule has 1 unspecified atom stereocenters. The summed E-state index contributed by atoms with van der Waals surface area (Å²) in [6, 6.07) is 0. The molecule has 0 heterocycles. The predicted molar refractivity (Wildman–Crippen MR) is 47.6 cm³/mol. The summed E-state index contributed by atoms with van der Waals surface area (Å²) in [7, 11) is 0. The van der Waals surface area contributed by atoms with Crippen molar-refractivity contribution in [2.24, 2.45) is 0 Å². The van der Waals surface area contributed by atoms with Crippen molar-refractivity contribution in [2.45, 2.75) is 38.9 Å². The summed E-state index contributed by atoms with van der Waals surface area (Å²) in [6.45, 7) is 3.83. The molecule has 5 heteroatoms.